The van der Waals surface area contributed by atoms with Crippen molar-refractivity contribution < 1.29 is 13.2 Å². The number of allylic oxidation sites excluding steroid dienone is 1. The highest BCUT2D eigenvalue weighted by atomic mass is 32.2. The van der Waals surface area contributed by atoms with E-state index in [2.05, 4.69) is 15.0 Å². The third-order valence-electron chi connectivity index (χ3n) is 4.19. The summed E-state index contributed by atoms with van der Waals surface area (Å²) in [6, 6.07) is 14.9. The first kappa shape index (κ1) is 17.8. The Morgan fingerprint density at radius 3 is 2.52 bits per heavy atom. The van der Waals surface area contributed by atoms with Gasteiger partial charge in [0.2, 0.25) is 5.96 Å². The molecule has 1 aromatic carbocycles. The van der Waals surface area contributed by atoms with E-state index >= 15 is 0 Å². The summed E-state index contributed by atoms with van der Waals surface area (Å²) in [4.78, 5) is 15.3. The molecular weight excluding hydrogens is 373 g/mol. The molecular formula is C19H15F3N4S. The predicted octanol–water partition coefficient (Wildman–Crippen LogP) is 4.83. The molecule has 0 saturated heterocycles. The van der Waals surface area contributed by atoms with Gasteiger partial charge in [0.15, 0.2) is 0 Å². The maximum Gasteiger partial charge on any atom is 0.433 e. The van der Waals surface area contributed by atoms with Gasteiger partial charge in [0, 0.05) is 23.7 Å². The molecule has 4 nitrogen and oxygen atoms in total. The molecule has 8 heteroatoms. The number of rotatable bonds is 3. The van der Waals surface area contributed by atoms with E-state index in [1.807, 2.05) is 42.5 Å². The van der Waals surface area contributed by atoms with Gasteiger partial charge in [-0.05, 0) is 30.3 Å². The summed E-state index contributed by atoms with van der Waals surface area (Å²) in [5.74, 6) is 0.0696. The van der Waals surface area contributed by atoms with E-state index in [9.17, 15) is 13.2 Å². The molecule has 0 fully saturated rings. The molecule has 2 aliphatic rings. The first-order valence-electron chi connectivity index (χ1n) is 8.33. The van der Waals surface area contributed by atoms with Gasteiger partial charge in [0.25, 0.3) is 0 Å². The zero-order valence-corrected chi connectivity index (χ0v) is 14.9. The van der Waals surface area contributed by atoms with E-state index in [1.54, 1.807) is 28.9 Å². The lowest BCUT2D eigenvalue weighted by Gasteiger charge is -2.37. The van der Waals surface area contributed by atoms with Gasteiger partial charge in [-0.15, -0.1) is 11.8 Å². The minimum absolute atomic E-state index is 0.0696. The summed E-state index contributed by atoms with van der Waals surface area (Å²) in [5, 5.41) is -0.137. The minimum Gasteiger partial charge on any atom is -0.304 e. The largest absolute Gasteiger partial charge is 0.433 e. The molecule has 2 aliphatic heterocycles. The monoisotopic (exact) mass is 388 g/mol. The van der Waals surface area contributed by atoms with Gasteiger partial charge in [-0.2, -0.15) is 13.2 Å². The lowest BCUT2D eigenvalue weighted by Crippen LogP contribution is -2.42. The summed E-state index contributed by atoms with van der Waals surface area (Å²) in [7, 11) is 0. The van der Waals surface area contributed by atoms with Gasteiger partial charge in [0.05, 0.1) is 17.1 Å². The number of guanidine groups is 1. The highest BCUT2D eigenvalue weighted by Gasteiger charge is 2.39. The SMILES string of the molecule is FC(F)(F)C1=NC2=NC(c3ccccn3)CC(Sc3ccccc3)N2C=C1. The van der Waals surface area contributed by atoms with E-state index in [4.69, 9.17) is 0 Å². The van der Waals surface area contributed by atoms with Crippen molar-refractivity contribution in [3.63, 3.8) is 0 Å². The minimum atomic E-state index is -4.51. The van der Waals surface area contributed by atoms with Crippen molar-refractivity contribution in [2.75, 3.05) is 0 Å². The molecule has 138 valence electrons. The highest BCUT2D eigenvalue weighted by Crippen LogP contribution is 2.39. The molecule has 2 unspecified atom stereocenters. The molecule has 0 radical (unpaired) electrons. The Labute approximate surface area is 158 Å². The second-order valence-corrected chi connectivity index (χ2v) is 7.29. The molecule has 3 heterocycles. The van der Waals surface area contributed by atoms with Gasteiger partial charge >= 0.3 is 6.18 Å². The average molecular weight is 388 g/mol. The lowest BCUT2D eigenvalue weighted by atomic mass is 10.1. The Morgan fingerprint density at radius 2 is 1.81 bits per heavy atom. The molecule has 1 aromatic heterocycles. The first-order chi connectivity index (χ1) is 13.0. The van der Waals surface area contributed by atoms with Crippen LogP contribution >= 0.6 is 11.8 Å². The van der Waals surface area contributed by atoms with Crippen molar-refractivity contribution in [3.8, 4) is 0 Å². The van der Waals surface area contributed by atoms with Crippen LogP contribution in [0.4, 0.5) is 13.2 Å². The molecule has 0 amide bonds. The number of aromatic nitrogens is 1. The van der Waals surface area contributed by atoms with Crippen LogP contribution in [0.25, 0.3) is 0 Å². The number of hydrogen-bond donors (Lipinski definition) is 0. The number of fused-ring (bicyclic) bond motifs is 1. The Kier molecular flexibility index (Phi) is 4.73. The van der Waals surface area contributed by atoms with Crippen LogP contribution in [0.3, 0.4) is 0 Å². The summed E-state index contributed by atoms with van der Waals surface area (Å²) in [6.45, 7) is 0. The van der Waals surface area contributed by atoms with Crippen LogP contribution in [0.1, 0.15) is 18.2 Å². The number of hydrogen-bond acceptors (Lipinski definition) is 5. The van der Waals surface area contributed by atoms with E-state index in [1.165, 1.54) is 6.20 Å². The number of aliphatic imine (C=N–C) groups is 2. The van der Waals surface area contributed by atoms with Crippen LogP contribution in [-0.4, -0.2) is 33.1 Å². The highest BCUT2D eigenvalue weighted by molar-refractivity contribution is 7.99. The molecule has 0 spiro atoms. The summed E-state index contributed by atoms with van der Waals surface area (Å²) < 4.78 is 39.3. The van der Waals surface area contributed by atoms with Gasteiger partial charge in [-0.1, -0.05) is 24.3 Å². The van der Waals surface area contributed by atoms with Crippen LogP contribution in [-0.2, 0) is 0 Å². The van der Waals surface area contributed by atoms with Crippen molar-refractivity contribution in [1.82, 2.24) is 9.88 Å². The van der Waals surface area contributed by atoms with Crippen LogP contribution in [0.2, 0.25) is 0 Å². The lowest BCUT2D eigenvalue weighted by molar-refractivity contribution is -0.0577. The average Bonchev–Trinajstić information content (AvgIpc) is 2.68. The first-order valence-corrected chi connectivity index (χ1v) is 9.21. The van der Waals surface area contributed by atoms with E-state index in [-0.39, 0.29) is 17.4 Å². The number of thioether (sulfide) groups is 1. The van der Waals surface area contributed by atoms with E-state index < -0.39 is 11.9 Å². The van der Waals surface area contributed by atoms with Crippen LogP contribution in [0, 0.1) is 0 Å². The number of nitrogens with zero attached hydrogens (tertiary/aromatic N) is 4. The van der Waals surface area contributed by atoms with Gasteiger partial charge < -0.3 is 4.90 Å². The Morgan fingerprint density at radius 1 is 1.04 bits per heavy atom. The fourth-order valence-electron chi connectivity index (χ4n) is 2.92. The van der Waals surface area contributed by atoms with Crippen molar-refractivity contribution >= 4 is 23.4 Å². The molecule has 27 heavy (non-hydrogen) atoms. The quantitative estimate of drug-likeness (QED) is 0.756. The number of alkyl halides is 3. The maximum atomic E-state index is 13.1. The second-order valence-electron chi connectivity index (χ2n) is 6.04. The Balaban J connectivity index is 1.70. The third kappa shape index (κ3) is 3.90. The molecule has 0 bridgehead atoms. The van der Waals surface area contributed by atoms with Crippen molar-refractivity contribution in [2.45, 2.75) is 28.9 Å². The summed E-state index contributed by atoms with van der Waals surface area (Å²) in [6.07, 6.45) is 0.182. The van der Waals surface area contributed by atoms with Crippen molar-refractivity contribution in [3.05, 3.63) is 72.7 Å². The normalized spacial score (nSPS) is 22.1. The Hall–Kier alpha value is -2.61. The van der Waals surface area contributed by atoms with E-state index in [0.29, 0.717) is 6.42 Å². The molecule has 2 aromatic rings. The van der Waals surface area contributed by atoms with Crippen LogP contribution in [0.5, 0.6) is 0 Å². The number of pyridine rings is 1. The maximum absolute atomic E-state index is 13.1. The summed E-state index contributed by atoms with van der Waals surface area (Å²) >= 11 is 1.57. The van der Waals surface area contributed by atoms with Crippen molar-refractivity contribution in [1.29, 1.82) is 0 Å². The van der Waals surface area contributed by atoms with Crippen LogP contribution in [0.15, 0.2) is 81.9 Å². The topological polar surface area (TPSA) is 40.9 Å². The number of benzene rings is 1. The zero-order valence-electron chi connectivity index (χ0n) is 14.0. The number of halogens is 3. The second kappa shape index (κ2) is 7.19. The van der Waals surface area contributed by atoms with Gasteiger partial charge in [-0.3, -0.25) is 4.98 Å². The van der Waals surface area contributed by atoms with Crippen molar-refractivity contribution in [2.24, 2.45) is 9.98 Å². The molecule has 2 atom stereocenters. The molecule has 0 aliphatic carbocycles. The van der Waals surface area contributed by atoms with Crippen LogP contribution < -0.4 is 0 Å². The fraction of sp³-hybridized carbons (Fsp3) is 0.211. The Bertz CT molecular complexity index is 894. The van der Waals surface area contributed by atoms with E-state index in [0.717, 1.165) is 16.7 Å². The van der Waals surface area contributed by atoms with Gasteiger partial charge in [-0.25, -0.2) is 9.98 Å². The smallest absolute Gasteiger partial charge is 0.304 e. The molecule has 0 saturated carbocycles. The predicted molar refractivity (Wildman–Crippen MR) is 99.6 cm³/mol. The standard InChI is InChI=1S/C19H15F3N4S/c20-19(21,22)16-9-11-26-17(27-13-6-2-1-3-7-13)12-15(24-18(26)25-16)14-8-4-5-10-23-14/h1-11,15,17H,12H2. The third-order valence-corrected chi connectivity index (χ3v) is 5.42. The fourth-order valence-corrected chi connectivity index (χ4v) is 4.10. The zero-order chi connectivity index (χ0) is 18.9. The molecule has 0 N–H and O–H groups in total. The molecule has 4 rings (SSSR count). The summed E-state index contributed by atoms with van der Waals surface area (Å²) in [5.41, 5.74) is -0.218. The van der Waals surface area contributed by atoms with Gasteiger partial charge in [0.1, 0.15) is 5.71 Å².